The monoisotopic (exact) mass is 423 g/mol. The quantitative estimate of drug-likeness (QED) is 0.473. The second-order valence-corrected chi connectivity index (χ2v) is 9.22. The van der Waals surface area contributed by atoms with Crippen molar-refractivity contribution >= 4 is 21.0 Å². The number of hydrogen-bond donors (Lipinski definition) is 0. The van der Waals surface area contributed by atoms with Crippen LogP contribution in [0.5, 0.6) is 11.5 Å². The first kappa shape index (κ1) is 22.2. The van der Waals surface area contributed by atoms with E-state index in [1.54, 1.807) is 45.9 Å². The fourth-order valence-corrected chi connectivity index (χ4v) is 6.79. The summed E-state index contributed by atoms with van der Waals surface area (Å²) in [5.74, 6) is -0.471. The van der Waals surface area contributed by atoms with Gasteiger partial charge in [0.15, 0.2) is 5.75 Å². The number of hydrogen-bond acceptors (Lipinski definition) is 8. The van der Waals surface area contributed by atoms with E-state index in [1.807, 2.05) is 0 Å². The molecular formula is C16H27NO8P2. The molecule has 1 aromatic carbocycles. The molecule has 9 nitrogen and oxygen atoms in total. The first-order valence-electron chi connectivity index (χ1n) is 8.81. The molecular weight excluding hydrogens is 396 g/mol. The van der Waals surface area contributed by atoms with Crippen LogP contribution in [0.25, 0.3) is 0 Å². The highest BCUT2D eigenvalue weighted by Gasteiger charge is 2.55. The zero-order chi connectivity index (χ0) is 20.1. The van der Waals surface area contributed by atoms with Crippen LogP contribution >= 0.6 is 15.3 Å². The Labute approximate surface area is 159 Å². The Hall–Kier alpha value is -1.08. The zero-order valence-electron chi connectivity index (χ0n) is 16.2. The van der Waals surface area contributed by atoms with Crippen molar-refractivity contribution in [2.24, 2.45) is 0 Å². The molecule has 1 heterocycles. The van der Waals surface area contributed by atoms with Gasteiger partial charge < -0.3 is 18.5 Å². The van der Waals surface area contributed by atoms with Crippen LogP contribution in [0.2, 0.25) is 0 Å². The molecule has 0 saturated carbocycles. The second kappa shape index (κ2) is 9.41. The van der Waals surface area contributed by atoms with E-state index in [2.05, 4.69) is 0 Å². The number of rotatable bonds is 11. The van der Waals surface area contributed by atoms with E-state index >= 15 is 0 Å². The Morgan fingerprint density at radius 3 is 2.00 bits per heavy atom. The first-order valence-corrected chi connectivity index (χ1v) is 11.9. The Morgan fingerprint density at radius 2 is 1.52 bits per heavy atom. The lowest BCUT2D eigenvalue weighted by molar-refractivity contribution is 0.163. The minimum Gasteiger partial charge on any atom is -0.497 e. The fraction of sp³-hybridized carbons (Fsp3) is 0.625. The predicted octanol–water partition coefficient (Wildman–Crippen LogP) is 4.62. The molecule has 27 heavy (non-hydrogen) atoms. The predicted molar refractivity (Wildman–Crippen MR) is 102 cm³/mol. The van der Waals surface area contributed by atoms with Crippen LogP contribution in [0.4, 0.5) is 5.69 Å². The molecule has 1 aliphatic heterocycles. The maximum Gasteiger partial charge on any atom is 0.438 e. The zero-order valence-corrected chi connectivity index (χ0v) is 18.0. The highest BCUT2D eigenvalue weighted by Crippen LogP contribution is 2.68. The molecule has 154 valence electrons. The Kier molecular flexibility index (Phi) is 7.74. The summed E-state index contributed by atoms with van der Waals surface area (Å²) in [4.78, 5) is 0. The van der Waals surface area contributed by atoms with E-state index < -0.39 is 21.3 Å². The Balaban J connectivity index is 2.60. The molecule has 0 saturated heterocycles. The Bertz CT molecular complexity index is 708. The van der Waals surface area contributed by atoms with Gasteiger partial charge in [0.25, 0.3) is 5.97 Å². The van der Waals surface area contributed by atoms with Crippen LogP contribution in [0, 0.1) is 0 Å². The van der Waals surface area contributed by atoms with Crippen LogP contribution in [0.1, 0.15) is 27.7 Å². The number of methoxy groups -OCH3 is 1. The number of ether oxygens (including phenoxy) is 2. The van der Waals surface area contributed by atoms with Crippen LogP contribution in [0.15, 0.2) is 18.2 Å². The average molecular weight is 423 g/mol. The summed E-state index contributed by atoms with van der Waals surface area (Å²) in [6.07, 6.45) is 0. The smallest absolute Gasteiger partial charge is 0.438 e. The van der Waals surface area contributed by atoms with Gasteiger partial charge in [-0.25, -0.2) is 9.24 Å². The van der Waals surface area contributed by atoms with Crippen LogP contribution in [-0.4, -0.2) is 39.5 Å². The van der Waals surface area contributed by atoms with Gasteiger partial charge in [-0.3, -0.25) is 13.6 Å². The van der Waals surface area contributed by atoms with Gasteiger partial charge in [0.1, 0.15) is 5.75 Å². The fourth-order valence-electron chi connectivity index (χ4n) is 2.65. The van der Waals surface area contributed by atoms with Crippen molar-refractivity contribution in [1.82, 2.24) is 0 Å². The number of benzene rings is 1. The maximum absolute atomic E-state index is 13.5. The van der Waals surface area contributed by atoms with Crippen molar-refractivity contribution < 1.29 is 36.7 Å². The minimum absolute atomic E-state index is 0.123. The average Bonchev–Trinajstić information content (AvgIpc) is 3.02. The molecule has 1 aromatic rings. The number of fused-ring (bicyclic) bond motifs is 1. The molecule has 0 bridgehead atoms. The van der Waals surface area contributed by atoms with E-state index in [1.165, 1.54) is 11.8 Å². The summed E-state index contributed by atoms with van der Waals surface area (Å²) in [7, 11) is -6.21. The molecule has 0 N–H and O–H groups in total. The van der Waals surface area contributed by atoms with E-state index in [0.717, 1.165) is 0 Å². The van der Waals surface area contributed by atoms with E-state index in [9.17, 15) is 9.13 Å². The molecule has 11 heteroatoms. The molecule has 1 aliphatic rings. The molecule has 0 aliphatic carbocycles. The van der Waals surface area contributed by atoms with Gasteiger partial charge in [-0.2, -0.15) is 0 Å². The summed E-state index contributed by atoms with van der Waals surface area (Å²) in [5.41, 5.74) is 0.394. The molecule has 2 rings (SSSR count). The summed E-state index contributed by atoms with van der Waals surface area (Å²) >= 11 is 0. The minimum atomic E-state index is -3.89. The third kappa shape index (κ3) is 4.50. The lowest BCUT2D eigenvalue weighted by atomic mass is 10.3. The SMILES string of the molecule is CCOP(=O)(OCC)C1Oc2cc(OC)ccc2N1P(=O)(OCC)OCC. The van der Waals surface area contributed by atoms with Crippen molar-refractivity contribution in [3.05, 3.63) is 18.2 Å². The van der Waals surface area contributed by atoms with Crippen LogP contribution in [-0.2, 0) is 27.2 Å². The van der Waals surface area contributed by atoms with Crippen molar-refractivity contribution in [2.45, 2.75) is 33.7 Å². The molecule has 0 spiro atoms. The van der Waals surface area contributed by atoms with E-state index in [4.69, 9.17) is 27.6 Å². The molecule has 0 aromatic heterocycles. The third-order valence-electron chi connectivity index (χ3n) is 3.59. The van der Waals surface area contributed by atoms with Crippen molar-refractivity contribution in [3.63, 3.8) is 0 Å². The topological polar surface area (TPSA) is 92.8 Å². The summed E-state index contributed by atoms with van der Waals surface area (Å²) in [6, 6.07) is 4.92. The molecule has 1 atom stereocenters. The van der Waals surface area contributed by atoms with E-state index in [0.29, 0.717) is 17.2 Å². The molecule has 0 fully saturated rings. The van der Waals surface area contributed by atoms with Crippen LogP contribution < -0.4 is 14.1 Å². The summed E-state index contributed by atoms with van der Waals surface area (Å²) < 4.78 is 61.1. The lowest BCUT2D eigenvalue weighted by Gasteiger charge is -2.33. The summed E-state index contributed by atoms with van der Waals surface area (Å²) in [6.45, 7) is 7.25. The maximum atomic E-state index is 13.5. The normalized spacial score (nSPS) is 16.9. The standard InChI is InChI=1S/C16H27NO8P2/c1-6-21-26(18,22-7-2)16-17(27(19,23-8-3)24-9-4)14-11-10-13(20-5)12-15(14)25-16/h10-12,16H,6-9H2,1-5H3. The van der Waals surface area contributed by atoms with Crippen molar-refractivity contribution in [3.8, 4) is 11.5 Å². The second-order valence-electron chi connectivity index (χ2n) is 5.30. The van der Waals surface area contributed by atoms with Gasteiger partial charge in [0, 0.05) is 6.07 Å². The number of nitrogens with zero attached hydrogens (tertiary/aromatic N) is 1. The van der Waals surface area contributed by atoms with Gasteiger partial charge in [0.2, 0.25) is 0 Å². The van der Waals surface area contributed by atoms with Crippen molar-refractivity contribution in [1.29, 1.82) is 0 Å². The van der Waals surface area contributed by atoms with Gasteiger partial charge >= 0.3 is 15.3 Å². The van der Waals surface area contributed by atoms with Gasteiger partial charge in [-0.05, 0) is 39.8 Å². The van der Waals surface area contributed by atoms with Crippen molar-refractivity contribution in [2.75, 3.05) is 38.2 Å². The lowest BCUT2D eigenvalue weighted by Crippen LogP contribution is -2.35. The third-order valence-corrected chi connectivity index (χ3v) is 8.01. The molecule has 0 amide bonds. The van der Waals surface area contributed by atoms with Gasteiger partial charge in [-0.15, -0.1) is 0 Å². The molecule has 1 unspecified atom stereocenters. The van der Waals surface area contributed by atoms with Gasteiger partial charge in [0.05, 0.1) is 39.2 Å². The first-order chi connectivity index (χ1) is 12.9. The van der Waals surface area contributed by atoms with Crippen LogP contribution in [0.3, 0.4) is 0 Å². The Morgan fingerprint density at radius 1 is 0.963 bits per heavy atom. The highest BCUT2D eigenvalue weighted by atomic mass is 31.2. The largest absolute Gasteiger partial charge is 0.497 e. The van der Waals surface area contributed by atoms with Gasteiger partial charge in [-0.1, -0.05) is 0 Å². The molecule has 0 radical (unpaired) electrons. The van der Waals surface area contributed by atoms with E-state index in [-0.39, 0.29) is 26.4 Å². The highest BCUT2D eigenvalue weighted by molar-refractivity contribution is 7.60. The number of anilines is 1. The summed E-state index contributed by atoms with van der Waals surface area (Å²) in [5, 5.41) is 0.